The molecule has 2 fully saturated rings. The molecule has 0 bridgehead atoms. The molecule has 2 unspecified atom stereocenters. The molecule has 0 radical (unpaired) electrons. The lowest BCUT2D eigenvalue weighted by Crippen LogP contribution is -2.44. The van der Waals surface area contributed by atoms with E-state index in [0.717, 1.165) is 25.3 Å². The van der Waals surface area contributed by atoms with Gasteiger partial charge in [-0.05, 0) is 31.7 Å². The fraction of sp³-hybridized carbons (Fsp3) is 0.533. The summed E-state index contributed by atoms with van der Waals surface area (Å²) in [5, 5.41) is 23.6. The Kier molecular flexibility index (Phi) is 3.10. The minimum atomic E-state index is -0.460. The Balaban J connectivity index is 2.01. The molecule has 6 heteroatoms. The molecule has 3 rings (SSSR count). The summed E-state index contributed by atoms with van der Waals surface area (Å²) in [6.45, 7) is 7.25. The van der Waals surface area contributed by atoms with E-state index < -0.39 is 4.92 Å². The van der Waals surface area contributed by atoms with Crippen molar-refractivity contribution in [2.45, 2.75) is 19.4 Å². The van der Waals surface area contributed by atoms with Crippen LogP contribution in [0.4, 0.5) is 11.4 Å². The van der Waals surface area contributed by atoms with Crippen molar-refractivity contribution in [2.75, 3.05) is 24.5 Å². The maximum atomic E-state index is 10.9. The van der Waals surface area contributed by atoms with Gasteiger partial charge < -0.3 is 10.2 Å². The molecule has 0 saturated carbocycles. The maximum absolute atomic E-state index is 10.9. The van der Waals surface area contributed by atoms with E-state index in [2.05, 4.69) is 30.1 Å². The topological polar surface area (TPSA) is 82.2 Å². The fourth-order valence-electron chi connectivity index (χ4n) is 3.79. The van der Waals surface area contributed by atoms with E-state index in [4.69, 9.17) is 0 Å². The molecule has 2 aliphatic rings. The Morgan fingerprint density at radius 1 is 1.48 bits per heavy atom. The molecule has 1 N–H and O–H groups in total. The Morgan fingerprint density at radius 3 is 2.86 bits per heavy atom. The van der Waals surface area contributed by atoms with Crippen LogP contribution in [-0.4, -0.2) is 30.1 Å². The van der Waals surface area contributed by atoms with Crippen LogP contribution < -0.4 is 10.2 Å². The summed E-state index contributed by atoms with van der Waals surface area (Å²) < 4.78 is 0. The number of nitro groups is 1. The first-order valence-corrected chi connectivity index (χ1v) is 7.12. The van der Waals surface area contributed by atoms with Crippen molar-refractivity contribution in [3.63, 3.8) is 0 Å². The first-order chi connectivity index (χ1) is 9.95. The van der Waals surface area contributed by atoms with Crippen molar-refractivity contribution < 1.29 is 4.92 Å². The van der Waals surface area contributed by atoms with Gasteiger partial charge in [0, 0.05) is 37.3 Å². The molecule has 2 heterocycles. The van der Waals surface area contributed by atoms with E-state index in [-0.39, 0.29) is 11.2 Å². The van der Waals surface area contributed by atoms with Crippen LogP contribution in [0.3, 0.4) is 0 Å². The van der Waals surface area contributed by atoms with Crippen LogP contribution in [-0.2, 0) is 0 Å². The Morgan fingerprint density at radius 2 is 2.24 bits per heavy atom. The van der Waals surface area contributed by atoms with Crippen molar-refractivity contribution >= 4 is 11.4 Å². The first-order valence-electron chi connectivity index (χ1n) is 7.12. The number of non-ortho nitro benzene ring substituents is 1. The molecule has 0 aliphatic carbocycles. The third-order valence-corrected chi connectivity index (χ3v) is 4.96. The zero-order chi connectivity index (χ0) is 15.2. The predicted octanol–water partition coefficient (Wildman–Crippen LogP) is 1.90. The maximum Gasteiger partial charge on any atom is 0.270 e. The molecule has 110 valence electrons. The lowest BCUT2D eigenvalue weighted by atomic mass is 9.84. The van der Waals surface area contributed by atoms with Crippen LogP contribution in [0.15, 0.2) is 18.2 Å². The van der Waals surface area contributed by atoms with Crippen LogP contribution >= 0.6 is 0 Å². The zero-order valence-corrected chi connectivity index (χ0v) is 12.2. The number of nitriles is 1. The number of rotatable bonds is 2. The molecule has 21 heavy (non-hydrogen) atoms. The molecule has 6 nitrogen and oxygen atoms in total. The Hall–Kier alpha value is -2.13. The monoisotopic (exact) mass is 286 g/mol. The highest BCUT2D eigenvalue weighted by molar-refractivity contribution is 5.65. The number of benzene rings is 1. The van der Waals surface area contributed by atoms with Crippen molar-refractivity contribution in [2.24, 2.45) is 11.8 Å². The van der Waals surface area contributed by atoms with Crippen molar-refractivity contribution in [3.05, 3.63) is 33.9 Å². The average Bonchev–Trinajstić information content (AvgIpc) is 3.00. The van der Waals surface area contributed by atoms with Gasteiger partial charge in [0.05, 0.1) is 16.2 Å². The van der Waals surface area contributed by atoms with Crippen LogP contribution in [0.1, 0.15) is 19.4 Å². The molecule has 0 spiro atoms. The number of fused-ring (bicyclic) bond motifs is 1. The largest absolute Gasteiger partial charge is 0.365 e. The van der Waals surface area contributed by atoms with E-state index in [1.54, 1.807) is 6.07 Å². The summed E-state index contributed by atoms with van der Waals surface area (Å²) in [4.78, 5) is 12.6. The van der Waals surface area contributed by atoms with E-state index in [9.17, 15) is 15.4 Å². The third-order valence-electron chi connectivity index (χ3n) is 4.96. The molecular formula is C15H18N4O2. The molecule has 2 saturated heterocycles. The number of hydrogen-bond donors (Lipinski definition) is 1. The second-order valence-electron chi connectivity index (χ2n) is 6.36. The quantitative estimate of drug-likeness (QED) is 0.663. The first kappa shape index (κ1) is 13.8. The van der Waals surface area contributed by atoms with E-state index in [1.165, 1.54) is 12.1 Å². The number of nitrogens with zero attached hydrogens (tertiary/aromatic N) is 3. The fourth-order valence-corrected chi connectivity index (χ4v) is 3.79. The second kappa shape index (κ2) is 4.71. The van der Waals surface area contributed by atoms with Crippen LogP contribution in [0.2, 0.25) is 0 Å². The summed E-state index contributed by atoms with van der Waals surface area (Å²) >= 11 is 0. The SMILES string of the molecule is CC1(C)C2CNCC2CN1c1ccc([N+](=O)[O-])cc1C#N. The normalized spacial score (nSPS) is 26.4. The van der Waals surface area contributed by atoms with E-state index >= 15 is 0 Å². The summed E-state index contributed by atoms with van der Waals surface area (Å²) in [6, 6.07) is 6.68. The van der Waals surface area contributed by atoms with Gasteiger partial charge in [-0.15, -0.1) is 0 Å². The molecule has 1 aromatic carbocycles. The van der Waals surface area contributed by atoms with Gasteiger partial charge >= 0.3 is 0 Å². The van der Waals surface area contributed by atoms with Crippen molar-refractivity contribution in [1.29, 1.82) is 5.26 Å². The smallest absolute Gasteiger partial charge is 0.270 e. The Bertz CT molecular complexity index is 635. The summed E-state index contributed by atoms with van der Waals surface area (Å²) in [5.41, 5.74) is 1.09. The average molecular weight is 286 g/mol. The number of anilines is 1. The van der Waals surface area contributed by atoms with Gasteiger partial charge in [0.1, 0.15) is 6.07 Å². The summed E-state index contributed by atoms with van der Waals surface area (Å²) in [7, 11) is 0. The summed E-state index contributed by atoms with van der Waals surface area (Å²) in [5.74, 6) is 1.11. The van der Waals surface area contributed by atoms with Crippen molar-refractivity contribution in [1.82, 2.24) is 5.32 Å². The summed E-state index contributed by atoms with van der Waals surface area (Å²) in [6.07, 6.45) is 0. The highest BCUT2D eigenvalue weighted by Crippen LogP contribution is 2.44. The lowest BCUT2D eigenvalue weighted by Gasteiger charge is -2.37. The standard InChI is InChI=1S/C15H18N4O2/c1-15(2)13-8-17-7-11(13)9-18(15)14-4-3-12(19(20)21)5-10(14)6-16/h3-5,11,13,17H,7-9H2,1-2H3. The molecular weight excluding hydrogens is 268 g/mol. The molecule has 1 aromatic rings. The van der Waals surface area contributed by atoms with Crippen LogP contribution in [0.5, 0.6) is 0 Å². The minimum Gasteiger partial charge on any atom is -0.365 e. The molecule has 2 atom stereocenters. The van der Waals surface area contributed by atoms with Gasteiger partial charge in [0.2, 0.25) is 0 Å². The van der Waals surface area contributed by atoms with Crippen molar-refractivity contribution in [3.8, 4) is 6.07 Å². The number of nitrogens with one attached hydrogen (secondary N) is 1. The predicted molar refractivity (Wildman–Crippen MR) is 79.1 cm³/mol. The number of nitro benzene ring substituents is 1. The number of hydrogen-bond acceptors (Lipinski definition) is 5. The highest BCUT2D eigenvalue weighted by atomic mass is 16.6. The highest BCUT2D eigenvalue weighted by Gasteiger charge is 2.50. The second-order valence-corrected chi connectivity index (χ2v) is 6.36. The van der Waals surface area contributed by atoms with Gasteiger partial charge in [0.15, 0.2) is 0 Å². The molecule has 0 aromatic heterocycles. The van der Waals surface area contributed by atoms with Crippen LogP contribution in [0.25, 0.3) is 0 Å². The van der Waals surface area contributed by atoms with Gasteiger partial charge in [0.25, 0.3) is 5.69 Å². The Labute approximate surface area is 123 Å². The zero-order valence-electron chi connectivity index (χ0n) is 12.2. The van der Waals surface area contributed by atoms with Crippen LogP contribution in [0, 0.1) is 33.3 Å². The van der Waals surface area contributed by atoms with Gasteiger partial charge in [-0.1, -0.05) is 0 Å². The third kappa shape index (κ3) is 2.05. The van der Waals surface area contributed by atoms with E-state index in [0.29, 0.717) is 17.4 Å². The van der Waals surface area contributed by atoms with Gasteiger partial charge in [-0.25, -0.2) is 0 Å². The molecule has 0 amide bonds. The van der Waals surface area contributed by atoms with E-state index in [1.807, 2.05) is 0 Å². The van der Waals surface area contributed by atoms with Gasteiger partial charge in [-0.3, -0.25) is 10.1 Å². The minimum absolute atomic E-state index is 0.0332. The lowest BCUT2D eigenvalue weighted by molar-refractivity contribution is -0.384. The molecule has 2 aliphatic heterocycles. The van der Waals surface area contributed by atoms with Gasteiger partial charge in [-0.2, -0.15) is 5.26 Å².